The van der Waals surface area contributed by atoms with E-state index in [0.717, 1.165) is 6.26 Å². The molecule has 0 aliphatic heterocycles. The highest BCUT2D eigenvalue weighted by Crippen LogP contribution is 2.17. The van der Waals surface area contributed by atoms with Crippen LogP contribution >= 0.6 is 0 Å². The molecule has 28 heavy (non-hydrogen) atoms. The molecular weight excluding hydrogens is 384 g/mol. The Morgan fingerprint density at radius 2 is 1.75 bits per heavy atom. The number of hydrogen-bond donors (Lipinski definition) is 2. The number of anilines is 2. The molecule has 1 atom stereocenters. The number of amides is 1. The Morgan fingerprint density at radius 3 is 2.36 bits per heavy atom. The lowest BCUT2D eigenvalue weighted by Crippen LogP contribution is -2.30. The molecule has 1 unspecified atom stereocenters. The smallest absolute Gasteiger partial charge is 0.338 e. The number of carbonyl (C=O) groups excluding carboxylic acids is 2. The Kier molecular flexibility index (Phi) is 7.00. The van der Waals surface area contributed by atoms with Gasteiger partial charge in [0.15, 0.2) is 6.10 Å². The molecule has 0 heterocycles. The van der Waals surface area contributed by atoms with Crippen molar-refractivity contribution >= 4 is 33.3 Å². The van der Waals surface area contributed by atoms with Crippen LogP contribution in [-0.4, -0.2) is 39.3 Å². The maximum atomic E-state index is 12.3. The van der Waals surface area contributed by atoms with Gasteiger partial charge in [-0.25, -0.2) is 13.2 Å². The molecule has 0 saturated carbocycles. The van der Waals surface area contributed by atoms with Gasteiger partial charge in [0.05, 0.1) is 18.4 Å². The standard InChI is InChI=1S/C19H22N2O6S/c1-4-26-17-10-8-15(9-11-17)20-18(22)13(2)27-19(23)14-6-5-7-16(12-14)21-28(3,24)25/h5-13,21H,4H2,1-3H3,(H,20,22). The van der Waals surface area contributed by atoms with E-state index in [1.165, 1.54) is 31.2 Å². The molecule has 9 heteroatoms. The molecule has 2 aromatic rings. The van der Waals surface area contributed by atoms with Gasteiger partial charge in [-0.3, -0.25) is 9.52 Å². The summed E-state index contributed by atoms with van der Waals surface area (Å²) in [6.07, 6.45) is -0.0451. The van der Waals surface area contributed by atoms with E-state index in [1.807, 2.05) is 6.92 Å². The molecule has 0 radical (unpaired) electrons. The molecule has 2 aromatic carbocycles. The zero-order chi connectivity index (χ0) is 20.7. The fraction of sp³-hybridized carbons (Fsp3) is 0.263. The second kappa shape index (κ2) is 9.23. The quantitative estimate of drug-likeness (QED) is 0.652. The van der Waals surface area contributed by atoms with E-state index in [0.29, 0.717) is 18.0 Å². The van der Waals surface area contributed by atoms with Gasteiger partial charge in [-0.2, -0.15) is 0 Å². The summed E-state index contributed by atoms with van der Waals surface area (Å²) in [6.45, 7) is 3.86. The normalized spacial score (nSPS) is 12.0. The Hall–Kier alpha value is -3.07. The van der Waals surface area contributed by atoms with Crippen LogP contribution in [0.4, 0.5) is 11.4 Å². The molecule has 0 fully saturated rings. The number of hydrogen-bond acceptors (Lipinski definition) is 6. The van der Waals surface area contributed by atoms with Crippen molar-refractivity contribution in [3.8, 4) is 5.75 Å². The average Bonchev–Trinajstić information content (AvgIpc) is 2.62. The Labute approximate surface area is 163 Å². The van der Waals surface area contributed by atoms with E-state index >= 15 is 0 Å². The fourth-order valence-corrected chi connectivity index (χ4v) is 2.81. The minimum atomic E-state index is -3.47. The van der Waals surface area contributed by atoms with E-state index in [1.54, 1.807) is 24.3 Å². The van der Waals surface area contributed by atoms with E-state index in [4.69, 9.17) is 9.47 Å². The van der Waals surface area contributed by atoms with Crippen LogP contribution in [0.1, 0.15) is 24.2 Å². The first-order valence-electron chi connectivity index (χ1n) is 8.50. The van der Waals surface area contributed by atoms with Gasteiger partial charge < -0.3 is 14.8 Å². The molecule has 2 N–H and O–H groups in total. The minimum absolute atomic E-state index is 0.120. The van der Waals surface area contributed by atoms with Crippen LogP contribution in [-0.2, 0) is 19.6 Å². The first-order chi connectivity index (χ1) is 13.2. The topological polar surface area (TPSA) is 111 Å². The molecule has 0 spiro atoms. The van der Waals surface area contributed by atoms with Gasteiger partial charge in [0.1, 0.15) is 5.75 Å². The zero-order valence-corrected chi connectivity index (χ0v) is 16.6. The third-order valence-electron chi connectivity index (χ3n) is 3.49. The third kappa shape index (κ3) is 6.58. The van der Waals surface area contributed by atoms with Gasteiger partial charge in [-0.1, -0.05) is 6.07 Å². The number of carbonyl (C=O) groups is 2. The van der Waals surface area contributed by atoms with Crippen LogP contribution in [0.15, 0.2) is 48.5 Å². The number of rotatable bonds is 8. The number of esters is 1. The van der Waals surface area contributed by atoms with Crippen molar-refractivity contribution < 1.29 is 27.5 Å². The van der Waals surface area contributed by atoms with Crippen molar-refractivity contribution in [3.05, 3.63) is 54.1 Å². The van der Waals surface area contributed by atoms with Gasteiger partial charge in [-0.05, 0) is 56.3 Å². The second-order valence-corrected chi connectivity index (χ2v) is 7.70. The van der Waals surface area contributed by atoms with Gasteiger partial charge in [-0.15, -0.1) is 0 Å². The van der Waals surface area contributed by atoms with Gasteiger partial charge in [0.25, 0.3) is 5.91 Å². The SMILES string of the molecule is CCOc1ccc(NC(=O)C(C)OC(=O)c2cccc(NS(C)(=O)=O)c2)cc1. The minimum Gasteiger partial charge on any atom is -0.494 e. The lowest BCUT2D eigenvalue weighted by Gasteiger charge is -2.14. The predicted octanol–water partition coefficient (Wildman–Crippen LogP) is 2.64. The summed E-state index contributed by atoms with van der Waals surface area (Å²) in [6, 6.07) is 12.6. The van der Waals surface area contributed by atoms with E-state index in [2.05, 4.69) is 10.0 Å². The molecule has 150 valence electrons. The molecular formula is C19H22N2O6S. The van der Waals surface area contributed by atoms with Crippen LogP contribution < -0.4 is 14.8 Å². The number of ether oxygens (including phenoxy) is 2. The molecule has 2 rings (SSSR count). The van der Waals surface area contributed by atoms with Crippen LogP contribution in [0.2, 0.25) is 0 Å². The highest BCUT2D eigenvalue weighted by molar-refractivity contribution is 7.92. The number of sulfonamides is 1. The van der Waals surface area contributed by atoms with E-state index in [-0.39, 0.29) is 11.3 Å². The number of nitrogens with one attached hydrogen (secondary N) is 2. The summed E-state index contributed by atoms with van der Waals surface area (Å²) >= 11 is 0. The molecule has 8 nitrogen and oxygen atoms in total. The van der Waals surface area contributed by atoms with E-state index in [9.17, 15) is 18.0 Å². The largest absolute Gasteiger partial charge is 0.494 e. The zero-order valence-electron chi connectivity index (χ0n) is 15.8. The summed E-state index contributed by atoms with van der Waals surface area (Å²) in [5.74, 6) is -0.558. The number of benzene rings is 2. The van der Waals surface area contributed by atoms with Crippen molar-refractivity contribution in [1.29, 1.82) is 0 Å². The molecule has 0 saturated heterocycles. The lowest BCUT2D eigenvalue weighted by atomic mass is 10.2. The van der Waals surface area contributed by atoms with Gasteiger partial charge in [0.2, 0.25) is 10.0 Å². The molecule has 0 aromatic heterocycles. The Bertz CT molecular complexity index is 941. The van der Waals surface area contributed by atoms with Crippen LogP contribution in [0, 0.1) is 0 Å². The Balaban J connectivity index is 1.97. The second-order valence-electron chi connectivity index (χ2n) is 5.95. The van der Waals surface area contributed by atoms with Crippen molar-refractivity contribution in [2.24, 2.45) is 0 Å². The summed E-state index contributed by atoms with van der Waals surface area (Å²) in [7, 11) is -3.47. The van der Waals surface area contributed by atoms with Crippen molar-refractivity contribution in [2.75, 3.05) is 22.9 Å². The van der Waals surface area contributed by atoms with Crippen molar-refractivity contribution in [3.63, 3.8) is 0 Å². The highest BCUT2D eigenvalue weighted by Gasteiger charge is 2.19. The maximum Gasteiger partial charge on any atom is 0.338 e. The van der Waals surface area contributed by atoms with Gasteiger partial charge >= 0.3 is 5.97 Å². The summed E-state index contributed by atoms with van der Waals surface area (Å²) in [5, 5.41) is 2.65. The highest BCUT2D eigenvalue weighted by atomic mass is 32.2. The molecule has 0 aliphatic carbocycles. The predicted molar refractivity (Wildman–Crippen MR) is 106 cm³/mol. The lowest BCUT2D eigenvalue weighted by molar-refractivity contribution is -0.123. The van der Waals surface area contributed by atoms with Crippen LogP contribution in [0.3, 0.4) is 0 Å². The fourth-order valence-electron chi connectivity index (χ4n) is 2.25. The first-order valence-corrected chi connectivity index (χ1v) is 10.4. The first kappa shape index (κ1) is 21.2. The molecule has 1 amide bonds. The van der Waals surface area contributed by atoms with Crippen molar-refractivity contribution in [1.82, 2.24) is 0 Å². The monoisotopic (exact) mass is 406 g/mol. The summed E-state index contributed by atoms with van der Waals surface area (Å²) < 4.78 is 35.4. The van der Waals surface area contributed by atoms with Crippen LogP contribution in [0.25, 0.3) is 0 Å². The van der Waals surface area contributed by atoms with Gasteiger partial charge in [0, 0.05) is 11.4 Å². The van der Waals surface area contributed by atoms with E-state index < -0.39 is 28.0 Å². The Morgan fingerprint density at radius 1 is 1.07 bits per heavy atom. The summed E-state index contributed by atoms with van der Waals surface area (Å²) in [4.78, 5) is 24.5. The average molecular weight is 406 g/mol. The third-order valence-corrected chi connectivity index (χ3v) is 4.09. The maximum absolute atomic E-state index is 12.3. The van der Waals surface area contributed by atoms with Crippen molar-refractivity contribution in [2.45, 2.75) is 20.0 Å². The molecule has 0 bridgehead atoms. The summed E-state index contributed by atoms with van der Waals surface area (Å²) in [5.41, 5.74) is 0.883. The molecule has 0 aliphatic rings. The van der Waals surface area contributed by atoms with Crippen LogP contribution in [0.5, 0.6) is 5.75 Å².